The van der Waals surface area contributed by atoms with Gasteiger partial charge in [-0.05, 0) is 84.8 Å². The van der Waals surface area contributed by atoms with Gasteiger partial charge in [0.15, 0.2) is 0 Å². The Morgan fingerprint density at radius 1 is 0.867 bits per heavy atom. The fourth-order valence-electron chi connectivity index (χ4n) is 4.62. The number of halogens is 5. The van der Waals surface area contributed by atoms with Gasteiger partial charge in [0.1, 0.15) is 11.8 Å². The minimum atomic E-state index is -4.80. The van der Waals surface area contributed by atoms with Crippen molar-refractivity contribution in [3.8, 4) is 28.3 Å². The highest BCUT2D eigenvalue weighted by Crippen LogP contribution is 2.35. The zero-order valence-corrected chi connectivity index (χ0v) is 25.1. The van der Waals surface area contributed by atoms with Gasteiger partial charge in [0, 0.05) is 21.2 Å². The van der Waals surface area contributed by atoms with Gasteiger partial charge in [-0.15, -0.1) is 18.7 Å². The SMILES string of the molecule is C[C@H](NOC(=O)c1ccc([C@@H](C)n2nc(-c3cc(Cl)cc(Cl)c3)cc2-c2ccc3cc(OC(F)(F)F)ccc3c2)cc1)C(=O)O. The van der Waals surface area contributed by atoms with Gasteiger partial charge in [-0.25, -0.2) is 4.79 Å². The molecule has 0 aliphatic carbocycles. The molecule has 0 amide bonds. The highest BCUT2D eigenvalue weighted by Gasteiger charge is 2.31. The molecule has 5 rings (SSSR count). The molecular weight excluding hydrogens is 634 g/mol. The van der Waals surface area contributed by atoms with Gasteiger partial charge >= 0.3 is 18.3 Å². The van der Waals surface area contributed by atoms with Crippen molar-refractivity contribution in [2.45, 2.75) is 32.3 Å². The van der Waals surface area contributed by atoms with E-state index in [0.29, 0.717) is 37.8 Å². The van der Waals surface area contributed by atoms with Crippen LogP contribution in [0.5, 0.6) is 5.75 Å². The van der Waals surface area contributed by atoms with Gasteiger partial charge in [0.25, 0.3) is 0 Å². The van der Waals surface area contributed by atoms with Gasteiger partial charge in [0.2, 0.25) is 0 Å². The molecule has 0 bridgehead atoms. The molecule has 0 unspecified atom stereocenters. The summed E-state index contributed by atoms with van der Waals surface area (Å²) in [6.07, 6.45) is -4.80. The third-order valence-electron chi connectivity index (χ3n) is 6.93. The summed E-state index contributed by atoms with van der Waals surface area (Å²) in [6, 6.07) is 21.5. The van der Waals surface area contributed by atoms with E-state index < -0.39 is 24.3 Å². The molecule has 0 saturated carbocycles. The average molecular weight is 658 g/mol. The number of hydrogen-bond donors (Lipinski definition) is 2. The Morgan fingerprint density at radius 3 is 2.16 bits per heavy atom. The van der Waals surface area contributed by atoms with Crippen LogP contribution < -0.4 is 10.2 Å². The van der Waals surface area contributed by atoms with Gasteiger partial charge in [-0.1, -0.05) is 53.5 Å². The van der Waals surface area contributed by atoms with Gasteiger partial charge in [0.05, 0.1) is 23.0 Å². The number of aliphatic carboxylic acids is 1. The van der Waals surface area contributed by atoms with Crippen LogP contribution in [0.2, 0.25) is 10.0 Å². The number of carboxylic acid groups (broad SMARTS) is 1. The van der Waals surface area contributed by atoms with E-state index in [4.69, 9.17) is 38.2 Å². The third-order valence-corrected chi connectivity index (χ3v) is 7.37. The number of aromatic nitrogens is 2. The Hall–Kier alpha value is -4.58. The highest BCUT2D eigenvalue weighted by molar-refractivity contribution is 6.35. The molecule has 0 fully saturated rings. The number of carboxylic acids is 1. The minimum Gasteiger partial charge on any atom is -0.480 e. The molecule has 0 radical (unpaired) electrons. The van der Waals surface area contributed by atoms with Crippen molar-refractivity contribution in [2.24, 2.45) is 0 Å². The maximum absolute atomic E-state index is 12.7. The predicted octanol–water partition coefficient (Wildman–Crippen LogP) is 8.32. The van der Waals surface area contributed by atoms with E-state index >= 15 is 0 Å². The number of benzene rings is 4. The average Bonchev–Trinajstić information content (AvgIpc) is 3.43. The van der Waals surface area contributed by atoms with Gasteiger partial charge < -0.3 is 14.7 Å². The van der Waals surface area contributed by atoms with Crippen molar-refractivity contribution in [1.29, 1.82) is 0 Å². The number of nitrogens with one attached hydrogen (secondary N) is 1. The number of alkyl halides is 3. The lowest BCUT2D eigenvalue weighted by molar-refractivity contribution is -0.274. The Kier molecular flexibility index (Phi) is 9.06. The van der Waals surface area contributed by atoms with Crippen LogP contribution in [0.15, 0.2) is 84.9 Å². The number of carbonyl (C=O) groups excluding carboxylic acids is 1. The van der Waals surface area contributed by atoms with E-state index in [1.807, 2.05) is 19.1 Å². The highest BCUT2D eigenvalue weighted by atomic mass is 35.5. The fraction of sp³-hybridized carbons (Fsp3) is 0.156. The number of fused-ring (bicyclic) bond motifs is 1. The summed E-state index contributed by atoms with van der Waals surface area (Å²) in [4.78, 5) is 28.2. The first-order valence-corrected chi connectivity index (χ1v) is 14.2. The smallest absolute Gasteiger partial charge is 0.480 e. The molecule has 13 heteroatoms. The lowest BCUT2D eigenvalue weighted by atomic mass is 10.0. The van der Waals surface area contributed by atoms with Crippen molar-refractivity contribution in [3.63, 3.8) is 0 Å². The van der Waals surface area contributed by atoms with Crippen LogP contribution in [-0.2, 0) is 9.63 Å². The van der Waals surface area contributed by atoms with Crippen LogP contribution >= 0.6 is 23.2 Å². The molecule has 0 spiro atoms. The topological polar surface area (TPSA) is 103 Å². The second-order valence-corrected chi connectivity index (χ2v) is 11.0. The molecule has 2 atom stereocenters. The van der Waals surface area contributed by atoms with Crippen molar-refractivity contribution >= 4 is 45.9 Å². The summed E-state index contributed by atoms with van der Waals surface area (Å²) >= 11 is 12.5. The van der Waals surface area contributed by atoms with Crippen LogP contribution in [0, 0.1) is 0 Å². The van der Waals surface area contributed by atoms with E-state index in [1.165, 1.54) is 19.1 Å². The predicted molar refractivity (Wildman–Crippen MR) is 163 cm³/mol. The van der Waals surface area contributed by atoms with Gasteiger partial charge in [-0.2, -0.15) is 5.10 Å². The van der Waals surface area contributed by atoms with E-state index in [1.54, 1.807) is 65.3 Å². The molecule has 0 saturated heterocycles. The molecule has 8 nitrogen and oxygen atoms in total. The number of nitrogens with zero attached hydrogens (tertiary/aromatic N) is 2. The molecule has 1 heterocycles. The van der Waals surface area contributed by atoms with Gasteiger partial charge in [-0.3, -0.25) is 9.48 Å². The third kappa shape index (κ3) is 7.56. The van der Waals surface area contributed by atoms with Crippen LogP contribution in [-0.4, -0.2) is 39.2 Å². The van der Waals surface area contributed by atoms with Crippen molar-refractivity contribution in [2.75, 3.05) is 0 Å². The van der Waals surface area contributed by atoms with Crippen molar-refractivity contribution < 1.29 is 37.4 Å². The molecule has 2 N–H and O–H groups in total. The fourth-order valence-corrected chi connectivity index (χ4v) is 5.14. The van der Waals surface area contributed by atoms with Crippen LogP contribution in [0.3, 0.4) is 0 Å². The number of rotatable bonds is 9. The summed E-state index contributed by atoms with van der Waals surface area (Å²) in [6.45, 7) is 3.25. The quantitative estimate of drug-likeness (QED) is 0.154. The summed E-state index contributed by atoms with van der Waals surface area (Å²) < 4.78 is 44.1. The zero-order chi connectivity index (χ0) is 32.5. The summed E-state index contributed by atoms with van der Waals surface area (Å²) in [5.41, 5.74) is 5.86. The zero-order valence-electron chi connectivity index (χ0n) is 23.6. The van der Waals surface area contributed by atoms with Crippen LogP contribution in [0.25, 0.3) is 33.3 Å². The van der Waals surface area contributed by atoms with E-state index in [-0.39, 0.29) is 17.4 Å². The maximum atomic E-state index is 12.7. The lowest BCUT2D eigenvalue weighted by Gasteiger charge is -2.17. The molecule has 45 heavy (non-hydrogen) atoms. The standard InChI is InChI=1S/C32H24Cl2F3N3O5/c1-17(30(41)42)39-45-31(43)20-5-3-19(4-6-20)18(2)40-29(16-28(38-40)24-12-25(33)15-26(34)13-24)23-8-7-22-14-27(44-32(35,36)37)10-9-21(22)11-23/h3-18,39H,1-2H3,(H,41,42)/t17-,18+/m0/s1. The van der Waals surface area contributed by atoms with Crippen LogP contribution in [0.1, 0.15) is 35.8 Å². The second kappa shape index (κ2) is 12.8. The first-order valence-electron chi connectivity index (χ1n) is 13.4. The number of hydroxylamine groups is 1. The molecular formula is C32H24Cl2F3N3O5. The first-order chi connectivity index (χ1) is 21.3. The summed E-state index contributed by atoms with van der Waals surface area (Å²) in [5, 5.41) is 15.9. The Bertz CT molecular complexity index is 1870. The molecule has 232 valence electrons. The summed E-state index contributed by atoms with van der Waals surface area (Å²) in [5.74, 6) is -2.24. The van der Waals surface area contributed by atoms with E-state index in [0.717, 1.165) is 11.1 Å². The first kappa shape index (κ1) is 31.8. The normalized spacial score (nSPS) is 13.0. The minimum absolute atomic E-state index is 0.203. The molecule has 1 aromatic heterocycles. The lowest BCUT2D eigenvalue weighted by Crippen LogP contribution is -2.35. The number of ether oxygens (including phenoxy) is 1. The number of hydrogen-bond acceptors (Lipinski definition) is 6. The maximum Gasteiger partial charge on any atom is 0.573 e. The Labute approximate surface area is 264 Å². The monoisotopic (exact) mass is 657 g/mol. The van der Waals surface area contributed by atoms with E-state index in [2.05, 4.69) is 10.2 Å². The molecule has 0 aliphatic rings. The van der Waals surface area contributed by atoms with Crippen molar-refractivity contribution in [1.82, 2.24) is 15.3 Å². The Morgan fingerprint density at radius 2 is 1.51 bits per heavy atom. The molecule has 4 aromatic carbocycles. The van der Waals surface area contributed by atoms with E-state index in [9.17, 15) is 22.8 Å². The number of carbonyl (C=O) groups is 2. The molecule has 0 aliphatic heterocycles. The second-order valence-electron chi connectivity index (χ2n) is 10.2. The molecule has 5 aromatic rings. The largest absolute Gasteiger partial charge is 0.573 e. The summed E-state index contributed by atoms with van der Waals surface area (Å²) in [7, 11) is 0. The Balaban J connectivity index is 1.51. The van der Waals surface area contributed by atoms with Crippen LogP contribution in [0.4, 0.5) is 13.2 Å². The van der Waals surface area contributed by atoms with Crippen molar-refractivity contribution in [3.05, 3.63) is 106 Å².